The Labute approximate surface area is 259 Å². The highest BCUT2D eigenvalue weighted by Crippen LogP contribution is 2.43. The monoisotopic (exact) mass is 603 g/mol. The van der Waals surface area contributed by atoms with Crippen LogP contribution in [-0.4, -0.2) is 32.0 Å². The maximum atomic E-state index is 10.9. The van der Waals surface area contributed by atoms with Crippen molar-refractivity contribution in [3.8, 4) is 51.5 Å². The van der Waals surface area contributed by atoms with E-state index in [0.29, 0.717) is 46.5 Å². The van der Waals surface area contributed by atoms with E-state index in [1.54, 1.807) is 50.8 Å². The Balaban J connectivity index is 1.46. The Kier molecular flexibility index (Phi) is 9.40. The molecule has 0 unspecified atom stereocenters. The lowest BCUT2D eigenvalue weighted by atomic mass is 9.98. The highest BCUT2D eigenvalue weighted by Gasteiger charge is 2.23. The number of nitro benzene ring substituents is 1. The molecule has 0 saturated carbocycles. The van der Waals surface area contributed by atoms with Gasteiger partial charge in [0.2, 0.25) is 5.88 Å². The van der Waals surface area contributed by atoms with Crippen molar-refractivity contribution in [1.29, 1.82) is 5.26 Å². The van der Waals surface area contributed by atoms with E-state index in [1.165, 1.54) is 12.1 Å². The topological polar surface area (TPSA) is 129 Å². The minimum Gasteiger partial charge on any atom is -0.497 e. The van der Waals surface area contributed by atoms with E-state index >= 15 is 0 Å². The van der Waals surface area contributed by atoms with Gasteiger partial charge in [-0.1, -0.05) is 12.1 Å². The fourth-order valence-electron chi connectivity index (χ4n) is 4.59. The van der Waals surface area contributed by atoms with Crippen LogP contribution in [0.1, 0.15) is 23.6 Å². The van der Waals surface area contributed by atoms with Crippen molar-refractivity contribution < 1.29 is 28.3 Å². The second kappa shape index (κ2) is 13.9. The van der Waals surface area contributed by atoms with Crippen LogP contribution in [0.25, 0.3) is 22.5 Å². The standard InChI is InChI=1S/C35H29N3O7/c1-4-43-32-19-24(7-18-31(32)44-22-23-5-12-27(13-6-23)38(39)40)21-37-35-30(20-36)33(25-8-14-28(41-2)15-9-25)34(45-35)26-10-16-29(42-3)17-11-26/h5-19,21H,4,22H2,1-3H3/b37-21+. The summed E-state index contributed by atoms with van der Waals surface area (Å²) >= 11 is 0. The largest absolute Gasteiger partial charge is 0.497 e. The van der Waals surface area contributed by atoms with E-state index in [2.05, 4.69) is 11.1 Å². The predicted molar refractivity (Wildman–Crippen MR) is 170 cm³/mol. The fraction of sp³-hybridized carbons (Fsp3) is 0.143. The lowest BCUT2D eigenvalue weighted by molar-refractivity contribution is -0.384. The van der Waals surface area contributed by atoms with Gasteiger partial charge in [0.25, 0.3) is 5.69 Å². The SMILES string of the molecule is CCOc1cc(/C=N/c2oc(-c3ccc(OC)cc3)c(-c3ccc(OC)cc3)c2C#N)ccc1OCc1ccc([N+](=O)[O-])cc1. The molecule has 0 aliphatic carbocycles. The summed E-state index contributed by atoms with van der Waals surface area (Å²) in [6.07, 6.45) is 1.60. The molecule has 0 amide bonds. The van der Waals surface area contributed by atoms with Gasteiger partial charge in [0.1, 0.15) is 35.5 Å². The van der Waals surface area contributed by atoms with E-state index in [0.717, 1.165) is 16.7 Å². The summed E-state index contributed by atoms with van der Waals surface area (Å²) in [6, 6.07) is 28.6. The molecule has 0 spiro atoms. The van der Waals surface area contributed by atoms with Gasteiger partial charge in [-0.15, -0.1) is 0 Å². The third-order valence-electron chi connectivity index (χ3n) is 6.87. The highest BCUT2D eigenvalue weighted by atomic mass is 16.6. The van der Waals surface area contributed by atoms with Crippen LogP contribution >= 0.6 is 0 Å². The molecule has 0 aliphatic heterocycles. The first-order valence-electron chi connectivity index (χ1n) is 14.0. The van der Waals surface area contributed by atoms with Gasteiger partial charge in [-0.3, -0.25) is 10.1 Å². The van der Waals surface area contributed by atoms with Gasteiger partial charge in [-0.25, -0.2) is 4.99 Å². The van der Waals surface area contributed by atoms with Crippen LogP contribution in [0.3, 0.4) is 0 Å². The molecule has 5 aromatic rings. The molecule has 10 heteroatoms. The second-order valence-corrected chi connectivity index (χ2v) is 9.66. The van der Waals surface area contributed by atoms with Crippen LogP contribution in [0.5, 0.6) is 23.0 Å². The number of nitro groups is 1. The summed E-state index contributed by atoms with van der Waals surface area (Å²) in [7, 11) is 3.19. The highest BCUT2D eigenvalue weighted by molar-refractivity contribution is 5.90. The number of nitrogens with zero attached hydrogens (tertiary/aromatic N) is 3. The first-order valence-corrected chi connectivity index (χ1v) is 14.0. The van der Waals surface area contributed by atoms with Gasteiger partial charge in [-0.05, 0) is 90.3 Å². The Morgan fingerprint density at radius 1 is 0.867 bits per heavy atom. The molecule has 45 heavy (non-hydrogen) atoms. The number of furan rings is 1. The molecule has 0 saturated heterocycles. The van der Waals surface area contributed by atoms with Crippen molar-refractivity contribution in [1.82, 2.24) is 0 Å². The first kappa shape index (κ1) is 30.4. The van der Waals surface area contributed by atoms with Gasteiger partial charge in [-0.2, -0.15) is 5.26 Å². The van der Waals surface area contributed by atoms with E-state index in [4.69, 9.17) is 23.4 Å². The number of benzene rings is 4. The van der Waals surface area contributed by atoms with Gasteiger partial charge in [0.15, 0.2) is 11.5 Å². The normalized spacial score (nSPS) is 10.8. The van der Waals surface area contributed by atoms with Crippen LogP contribution in [0.4, 0.5) is 11.6 Å². The Morgan fingerprint density at radius 2 is 1.51 bits per heavy atom. The summed E-state index contributed by atoms with van der Waals surface area (Å²) in [6.45, 7) is 2.47. The quantitative estimate of drug-likeness (QED) is 0.0794. The first-order chi connectivity index (χ1) is 21.9. The van der Waals surface area contributed by atoms with Gasteiger partial charge in [0, 0.05) is 29.5 Å². The predicted octanol–water partition coefficient (Wildman–Crippen LogP) is 8.14. The van der Waals surface area contributed by atoms with Gasteiger partial charge < -0.3 is 23.4 Å². The molecule has 0 aliphatic rings. The van der Waals surface area contributed by atoms with Gasteiger partial charge in [0.05, 0.1) is 25.7 Å². The van der Waals surface area contributed by atoms with E-state index in [9.17, 15) is 15.4 Å². The molecule has 0 bridgehead atoms. The zero-order valence-electron chi connectivity index (χ0n) is 24.9. The van der Waals surface area contributed by atoms with Crippen molar-refractivity contribution in [2.75, 3.05) is 20.8 Å². The maximum Gasteiger partial charge on any atom is 0.269 e. The van der Waals surface area contributed by atoms with Crippen LogP contribution < -0.4 is 18.9 Å². The molecular formula is C35H29N3O7. The average molecular weight is 604 g/mol. The fourth-order valence-corrected chi connectivity index (χ4v) is 4.59. The molecule has 1 aromatic heterocycles. The third-order valence-corrected chi connectivity index (χ3v) is 6.87. The molecule has 4 aromatic carbocycles. The van der Waals surface area contributed by atoms with Crippen molar-refractivity contribution in [3.63, 3.8) is 0 Å². The minimum atomic E-state index is -0.444. The molecule has 0 radical (unpaired) electrons. The molecule has 5 rings (SSSR count). The summed E-state index contributed by atoms with van der Waals surface area (Å²) in [5.41, 5.74) is 3.91. The molecule has 0 N–H and O–H groups in total. The lowest BCUT2D eigenvalue weighted by Crippen LogP contribution is -2.00. The lowest BCUT2D eigenvalue weighted by Gasteiger charge is -2.12. The molecule has 1 heterocycles. The van der Waals surface area contributed by atoms with E-state index in [1.807, 2.05) is 55.5 Å². The number of aliphatic imine (C=N–C) groups is 1. The second-order valence-electron chi connectivity index (χ2n) is 9.66. The molecule has 10 nitrogen and oxygen atoms in total. The Hall–Kier alpha value is -6.08. The van der Waals surface area contributed by atoms with E-state index < -0.39 is 4.92 Å². The number of hydrogen-bond donors (Lipinski definition) is 0. The number of rotatable bonds is 12. The zero-order valence-corrected chi connectivity index (χ0v) is 24.9. The third kappa shape index (κ3) is 6.95. The average Bonchev–Trinajstić information content (AvgIpc) is 3.45. The summed E-state index contributed by atoms with van der Waals surface area (Å²) in [4.78, 5) is 15.1. The van der Waals surface area contributed by atoms with Gasteiger partial charge >= 0.3 is 0 Å². The zero-order chi connectivity index (χ0) is 31.8. The van der Waals surface area contributed by atoms with Crippen LogP contribution in [0.15, 0.2) is 100 Å². The number of non-ortho nitro benzene ring substituents is 1. The maximum absolute atomic E-state index is 10.9. The smallest absolute Gasteiger partial charge is 0.269 e. The number of nitriles is 1. The summed E-state index contributed by atoms with van der Waals surface area (Å²) in [5.74, 6) is 3.05. The molecule has 226 valence electrons. The number of methoxy groups -OCH3 is 2. The van der Waals surface area contributed by atoms with Crippen LogP contribution in [0.2, 0.25) is 0 Å². The minimum absolute atomic E-state index is 0.0146. The Morgan fingerprint density at radius 3 is 2.09 bits per heavy atom. The Bertz CT molecular complexity index is 1850. The number of hydrogen-bond acceptors (Lipinski definition) is 9. The van der Waals surface area contributed by atoms with Crippen molar-refractivity contribution in [3.05, 3.63) is 118 Å². The van der Waals surface area contributed by atoms with Crippen LogP contribution in [-0.2, 0) is 6.61 Å². The molecule has 0 atom stereocenters. The summed E-state index contributed by atoms with van der Waals surface area (Å²) < 4.78 is 28.6. The van der Waals surface area contributed by atoms with Crippen molar-refractivity contribution in [2.24, 2.45) is 4.99 Å². The van der Waals surface area contributed by atoms with Crippen molar-refractivity contribution >= 4 is 17.8 Å². The molecular weight excluding hydrogens is 574 g/mol. The van der Waals surface area contributed by atoms with E-state index in [-0.39, 0.29) is 23.7 Å². The van der Waals surface area contributed by atoms with Crippen LogP contribution in [0, 0.1) is 21.4 Å². The summed E-state index contributed by atoms with van der Waals surface area (Å²) in [5, 5.41) is 21.2. The number of ether oxygens (including phenoxy) is 4. The van der Waals surface area contributed by atoms with Crippen molar-refractivity contribution in [2.45, 2.75) is 13.5 Å². The molecule has 0 fully saturated rings.